The highest BCUT2D eigenvalue weighted by Crippen LogP contribution is 2.26. The van der Waals surface area contributed by atoms with Gasteiger partial charge in [-0.15, -0.1) is 5.10 Å². The fourth-order valence-corrected chi connectivity index (χ4v) is 1.76. The number of benzene rings is 1. The van der Waals surface area contributed by atoms with E-state index in [2.05, 4.69) is 15.6 Å². The lowest BCUT2D eigenvalue weighted by Crippen LogP contribution is -2.11. The number of nitro benzene ring substituents is 1. The second kappa shape index (κ2) is 7.22. The van der Waals surface area contributed by atoms with E-state index in [9.17, 15) is 10.1 Å². The first-order chi connectivity index (χ1) is 10.2. The molecule has 0 unspecified atom stereocenters. The molecule has 2 rings (SSSR count). The summed E-state index contributed by atoms with van der Waals surface area (Å²) in [6.45, 7) is 3.71. The van der Waals surface area contributed by atoms with Crippen molar-refractivity contribution in [3.8, 4) is 5.75 Å². The van der Waals surface area contributed by atoms with Crippen LogP contribution in [0.1, 0.15) is 13.3 Å². The van der Waals surface area contributed by atoms with Gasteiger partial charge in [-0.1, -0.05) is 12.1 Å². The molecule has 0 spiro atoms. The third-order valence-electron chi connectivity index (χ3n) is 2.72. The van der Waals surface area contributed by atoms with Gasteiger partial charge < -0.3 is 10.1 Å². The summed E-state index contributed by atoms with van der Waals surface area (Å²) in [6.07, 6.45) is 4.20. The predicted octanol–water partition coefficient (Wildman–Crippen LogP) is 2.09. The Morgan fingerprint density at radius 2 is 2.29 bits per heavy atom. The van der Waals surface area contributed by atoms with Crippen LogP contribution in [0.4, 0.5) is 11.4 Å². The van der Waals surface area contributed by atoms with Gasteiger partial charge in [0.25, 0.3) is 5.69 Å². The van der Waals surface area contributed by atoms with Gasteiger partial charge in [0, 0.05) is 30.6 Å². The Morgan fingerprint density at radius 3 is 2.95 bits per heavy atom. The number of nitrogens with one attached hydrogen (secondary N) is 1. The number of rotatable bonds is 8. The molecular formula is C13H17N5O3. The van der Waals surface area contributed by atoms with Gasteiger partial charge in [-0.25, -0.2) is 0 Å². The van der Waals surface area contributed by atoms with E-state index in [0.29, 0.717) is 31.1 Å². The molecule has 0 aliphatic heterocycles. The fraction of sp³-hybridized carbons (Fsp3) is 0.385. The van der Waals surface area contributed by atoms with Crippen molar-refractivity contribution in [2.24, 2.45) is 0 Å². The summed E-state index contributed by atoms with van der Waals surface area (Å²) in [6, 6.07) is 4.67. The zero-order valence-corrected chi connectivity index (χ0v) is 11.7. The van der Waals surface area contributed by atoms with E-state index < -0.39 is 4.92 Å². The lowest BCUT2D eigenvalue weighted by molar-refractivity contribution is -0.384. The average molecular weight is 291 g/mol. The Balaban J connectivity index is 2.02. The topological polar surface area (TPSA) is 95.1 Å². The van der Waals surface area contributed by atoms with Crippen LogP contribution in [-0.2, 0) is 6.54 Å². The van der Waals surface area contributed by atoms with Crippen LogP contribution in [0.5, 0.6) is 5.75 Å². The highest BCUT2D eigenvalue weighted by molar-refractivity contribution is 5.56. The molecule has 0 aliphatic carbocycles. The van der Waals surface area contributed by atoms with Crippen LogP contribution in [0.25, 0.3) is 0 Å². The molecule has 2 aromatic rings. The average Bonchev–Trinajstić information content (AvgIpc) is 2.98. The molecular weight excluding hydrogens is 274 g/mol. The maximum absolute atomic E-state index is 10.9. The first-order valence-corrected chi connectivity index (χ1v) is 6.69. The van der Waals surface area contributed by atoms with Crippen LogP contribution in [0, 0.1) is 10.1 Å². The molecule has 112 valence electrons. The van der Waals surface area contributed by atoms with E-state index in [1.807, 2.05) is 6.92 Å². The van der Waals surface area contributed by atoms with E-state index in [1.165, 1.54) is 12.1 Å². The molecule has 1 N–H and O–H groups in total. The molecule has 1 aromatic heterocycles. The van der Waals surface area contributed by atoms with Crippen molar-refractivity contribution in [2.45, 2.75) is 19.9 Å². The zero-order chi connectivity index (χ0) is 15.1. The molecule has 0 radical (unpaired) electrons. The Bertz CT molecular complexity index is 585. The van der Waals surface area contributed by atoms with Crippen LogP contribution in [0.3, 0.4) is 0 Å². The van der Waals surface area contributed by atoms with Crippen molar-refractivity contribution in [3.63, 3.8) is 0 Å². The number of nitro groups is 1. The van der Waals surface area contributed by atoms with Crippen LogP contribution in [0.15, 0.2) is 30.6 Å². The van der Waals surface area contributed by atoms with Gasteiger partial charge >= 0.3 is 0 Å². The van der Waals surface area contributed by atoms with Crippen molar-refractivity contribution < 1.29 is 9.66 Å². The summed E-state index contributed by atoms with van der Waals surface area (Å²) in [7, 11) is 0. The second-order valence-electron chi connectivity index (χ2n) is 4.41. The molecule has 0 saturated heterocycles. The number of nitrogens with zero attached hydrogens (tertiary/aromatic N) is 4. The lowest BCUT2D eigenvalue weighted by Gasteiger charge is -2.09. The van der Waals surface area contributed by atoms with E-state index in [-0.39, 0.29) is 5.69 Å². The van der Waals surface area contributed by atoms with Crippen molar-refractivity contribution >= 4 is 11.4 Å². The SMILES string of the molecule is CCCOc1cc(NCCn2ccnn2)cc([N+](=O)[O-])c1. The number of aromatic nitrogens is 3. The van der Waals surface area contributed by atoms with E-state index in [0.717, 1.165) is 6.42 Å². The predicted molar refractivity (Wildman–Crippen MR) is 77.4 cm³/mol. The van der Waals surface area contributed by atoms with Gasteiger partial charge in [0.05, 0.1) is 30.3 Å². The summed E-state index contributed by atoms with van der Waals surface area (Å²) in [5.41, 5.74) is 0.655. The molecule has 21 heavy (non-hydrogen) atoms. The Labute approximate surface area is 121 Å². The zero-order valence-electron chi connectivity index (χ0n) is 11.7. The molecule has 1 aromatic carbocycles. The van der Waals surface area contributed by atoms with Crippen molar-refractivity contribution in [2.75, 3.05) is 18.5 Å². The van der Waals surface area contributed by atoms with E-state index in [4.69, 9.17) is 4.74 Å². The third kappa shape index (κ3) is 4.44. The molecule has 0 bridgehead atoms. The van der Waals surface area contributed by atoms with Gasteiger partial charge in [0.15, 0.2) is 0 Å². The lowest BCUT2D eigenvalue weighted by atomic mass is 10.2. The maximum Gasteiger partial charge on any atom is 0.275 e. The summed E-state index contributed by atoms with van der Waals surface area (Å²) >= 11 is 0. The molecule has 0 atom stereocenters. The number of ether oxygens (including phenoxy) is 1. The van der Waals surface area contributed by atoms with Crippen molar-refractivity contribution in [1.29, 1.82) is 0 Å². The maximum atomic E-state index is 10.9. The summed E-state index contributed by atoms with van der Waals surface area (Å²) < 4.78 is 7.15. The normalized spacial score (nSPS) is 10.3. The Morgan fingerprint density at radius 1 is 1.43 bits per heavy atom. The van der Waals surface area contributed by atoms with E-state index >= 15 is 0 Å². The minimum absolute atomic E-state index is 0.00635. The number of non-ortho nitro benzene ring substituents is 1. The Kier molecular flexibility index (Phi) is 5.08. The van der Waals surface area contributed by atoms with Gasteiger partial charge in [-0.05, 0) is 6.42 Å². The molecule has 0 amide bonds. The molecule has 1 heterocycles. The van der Waals surface area contributed by atoms with Crippen LogP contribution < -0.4 is 10.1 Å². The first kappa shape index (κ1) is 14.8. The number of hydrogen-bond acceptors (Lipinski definition) is 6. The largest absolute Gasteiger partial charge is 0.493 e. The van der Waals surface area contributed by atoms with Gasteiger partial charge in [-0.2, -0.15) is 0 Å². The monoisotopic (exact) mass is 291 g/mol. The molecule has 8 heteroatoms. The second-order valence-corrected chi connectivity index (χ2v) is 4.41. The molecule has 0 aliphatic rings. The summed E-state index contributed by atoms with van der Waals surface area (Å²) in [4.78, 5) is 10.5. The van der Waals surface area contributed by atoms with Gasteiger partial charge in [-0.3, -0.25) is 14.8 Å². The first-order valence-electron chi connectivity index (χ1n) is 6.69. The highest BCUT2D eigenvalue weighted by atomic mass is 16.6. The third-order valence-corrected chi connectivity index (χ3v) is 2.72. The number of anilines is 1. The number of hydrogen-bond donors (Lipinski definition) is 1. The fourth-order valence-electron chi connectivity index (χ4n) is 1.76. The van der Waals surface area contributed by atoms with Crippen LogP contribution in [0.2, 0.25) is 0 Å². The van der Waals surface area contributed by atoms with Gasteiger partial charge in [0.1, 0.15) is 5.75 Å². The standard InChI is InChI=1S/C13H17N5O3/c1-2-7-21-13-9-11(8-12(10-13)18(19)20)14-3-5-17-6-4-15-16-17/h4,6,8-10,14H,2-3,5,7H2,1H3. The van der Waals surface area contributed by atoms with Gasteiger partial charge in [0.2, 0.25) is 0 Å². The van der Waals surface area contributed by atoms with Crippen molar-refractivity contribution in [3.05, 3.63) is 40.7 Å². The molecule has 8 nitrogen and oxygen atoms in total. The van der Waals surface area contributed by atoms with Crippen molar-refractivity contribution in [1.82, 2.24) is 15.0 Å². The summed E-state index contributed by atoms with van der Waals surface area (Å²) in [5.74, 6) is 0.495. The van der Waals surface area contributed by atoms with Crippen LogP contribution >= 0.6 is 0 Å². The molecule has 0 saturated carbocycles. The smallest absolute Gasteiger partial charge is 0.275 e. The quantitative estimate of drug-likeness (QED) is 0.591. The minimum atomic E-state index is -0.429. The van der Waals surface area contributed by atoms with Crippen LogP contribution in [-0.4, -0.2) is 33.1 Å². The summed E-state index contributed by atoms with van der Waals surface area (Å²) in [5, 5.41) is 21.6. The van der Waals surface area contributed by atoms with E-state index in [1.54, 1.807) is 23.1 Å². The minimum Gasteiger partial charge on any atom is -0.493 e. The highest BCUT2D eigenvalue weighted by Gasteiger charge is 2.10. The molecule has 0 fully saturated rings. The Hall–Kier alpha value is -2.64.